The fraction of sp³-hybridized carbons (Fsp3) is 0.0345. The van der Waals surface area contributed by atoms with Crippen LogP contribution in [0.5, 0.6) is 11.5 Å². The van der Waals surface area contributed by atoms with E-state index in [0.29, 0.717) is 16.8 Å². The molecule has 0 aromatic heterocycles. The van der Waals surface area contributed by atoms with Gasteiger partial charge in [-0.2, -0.15) is 0 Å². The smallest absolute Gasteiger partial charge is 0.346 e. The van der Waals surface area contributed by atoms with Crippen molar-refractivity contribution in [3.8, 4) is 11.5 Å². The molecule has 5 rings (SSSR count). The molecule has 0 fully saturated rings. The highest BCUT2D eigenvalue weighted by atomic mass is 19.2. The van der Waals surface area contributed by atoms with Crippen LogP contribution >= 0.6 is 0 Å². The predicted molar refractivity (Wildman–Crippen MR) is 129 cm³/mol. The van der Waals surface area contributed by atoms with Gasteiger partial charge in [-0.3, -0.25) is 0 Å². The molecule has 0 radical (unpaired) electrons. The molecule has 0 amide bonds. The minimum Gasteiger partial charge on any atom is -0.423 e. The molecule has 5 aromatic carbocycles. The van der Waals surface area contributed by atoms with E-state index >= 15 is 0 Å². The molecule has 38 heavy (non-hydrogen) atoms. The van der Waals surface area contributed by atoms with E-state index in [9.17, 15) is 31.5 Å². The molecule has 0 aliphatic carbocycles. The van der Waals surface area contributed by atoms with E-state index in [2.05, 4.69) is 0 Å². The maximum atomic E-state index is 14.0. The Hall–Kier alpha value is -4.79. The van der Waals surface area contributed by atoms with Crippen LogP contribution in [0.15, 0.2) is 72.8 Å². The summed E-state index contributed by atoms with van der Waals surface area (Å²) in [6, 6.07) is 15.3. The summed E-state index contributed by atoms with van der Waals surface area (Å²) in [4.78, 5) is 24.9. The highest BCUT2D eigenvalue weighted by molar-refractivity contribution is 6.10. The molecular formula is C29H15F5O4. The summed E-state index contributed by atoms with van der Waals surface area (Å²) in [6.45, 7) is 1.86. The van der Waals surface area contributed by atoms with Gasteiger partial charge in [0.1, 0.15) is 11.5 Å². The molecule has 190 valence electrons. The second-order valence-corrected chi connectivity index (χ2v) is 8.41. The molecule has 0 aliphatic rings. The number of halogens is 5. The average Bonchev–Trinajstić information content (AvgIpc) is 2.89. The Kier molecular flexibility index (Phi) is 6.28. The lowest BCUT2D eigenvalue weighted by Gasteiger charge is -2.12. The molecule has 0 atom stereocenters. The van der Waals surface area contributed by atoms with Gasteiger partial charge in [0.05, 0.1) is 11.1 Å². The first-order valence-corrected chi connectivity index (χ1v) is 11.1. The number of benzene rings is 5. The molecule has 9 heteroatoms. The van der Waals surface area contributed by atoms with Crippen LogP contribution in [0.1, 0.15) is 26.3 Å². The third-order valence-electron chi connectivity index (χ3n) is 5.93. The van der Waals surface area contributed by atoms with Crippen molar-refractivity contribution in [3.63, 3.8) is 0 Å². The number of aryl methyl sites for hydroxylation is 1. The van der Waals surface area contributed by atoms with Crippen LogP contribution in [-0.2, 0) is 0 Å². The van der Waals surface area contributed by atoms with Gasteiger partial charge in [0.2, 0.25) is 0 Å². The SMILES string of the molecule is Cc1cc2ccc(OC(=O)c3ccc(F)c(F)c3)cc2c2cc(OC(=O)c3ccc(F)c(F)c3F)ccc12. The summed E-state index contributed by atoms with van der Waals surface area (Å²) < 4.78 is 78.1. The Bertz CT molecular complexity index is 1780. The minimum atomic E-state index is -1.79. The van der Waals surface area contributed by atoms with Gasteiger partial charge < -0.3 is 9.47 Å². The first-order chi connectivity index (χ1) is 18.1. The first-order valence-electron chi connectivity index (χ1n) is 11.1. The van der Waals surface area contributed by atoms with E-state index < -0.39 is 46.6 Å². The molecule has 0 spiro atoms. The number of esters is 2. The van der Waals surface area contributed by atoms with Gasteiger partial charge in [0, 0.05) is 0 Å². The van der Waals surface area contributed by atoms with Crippen molar-refractivity contribution in [2.24, 2.45) is 0 Å². The van der Waals surface area contributed by atoms with Crippen molar-refractivity contribution in [2.45, 2.75) is 6.92 Å². The van der Waals surface area contributed by atoms with Crippen LogP contribution < -0.4 is 9.47 Å². The second-order valence-electron chi connectivity index (χ2n) is 8.41. The zero-order valence-corrected chi connectivity index (χ0v) is 19.5. The van der Waals surface area contributed by atoms with Crippen LogP contribution in [-0.4, -0.2) is 11.9 Å². The number of rotatable bonds is 4. The van der Waals surface area contributed by atoms with Crippen LogP contribution in [0.25, 0.3) is 21.5 Å². The molecule has 4 nitrogen and oxygen atoms in total. The van der Waals surface area contributed by atoms with Crippen molar-refractivity contribution in [3.05, 3.63) is 119 Å². The number of hydrogen-bond acceptors (Lipinski definition) is 4. The Morgan fingerprint density at radius 2 is 1.24 bits per heavy atom. The van der Waals surface area contributed by atoms with Crippen molar-refractivity contribution in [1.82, 2.24) is 0 Å². The van der Waals surface area contributed by atoms with Gasteiger partial charge in [0.25, 0.3) is 0 Å². The zero-order valence-electron chi connectivity index (χ0n) is 19.5. The molecule has 0 N–H and O–H groups in total. The fourth-order valence-electron chi connectivity index (χ4n) is 4.06. The number of carbonyl (C=O) groups excluding carboxylic acids is 2. The largest absolute Gasteiger partial charge is 0.423 e. The molecular weight excluding hydrogens is 507 g/mol. The Balaban J connectivity index is 1.51. The third-order valence-corrected chi connectivity index (χ3v) is 5.93. The van der Waals surface area contributed by atoms with E-state index in [1.165, 1.54) is 18.2 Å². The van der Waals surface area contributed by atoms with E-state index in [0.717, 1.165) is 40.6 Å². The lowest BCUT2D eigenvalue weighted by molar-refractivity contribution is 0.0721. The number of carbonyl (C=O) groups is 2. The Morgan fingerprint density at radius 3 is 1.97 bits per heavy atom. The van der Waals surface area contributed by atoms with Crippen molar-refractivity contribution < 1.29 is 41.0 Å². The van der Waals surface area contributed by atoms with E-state index in [-0.39, 0.29) is 17.1 Å². The molecule has 5 aromatic rings. The van der Waals surface area contributed by atoms with E-state index in [1.54, 1.807) is 18.2 Å². The summed E-state index contributed by atoms with van der Waals surface area (Å²) in [5, 5.41) is 2.69. The monoisotopic (exact) mass is 522 g/mol. The average molecular weight is 522 g/mol. The van der Waals surface area contributed by atoms with Gasteiger partial charge in [-0.05, 0) is 88.6 Å². The minimum absolute atomic E-state index is 0.00252. The molecule has 0 aliphatic heterocycles. The van der Waals surface area contributed by atoms with Crippen LogP contribution in [0.4, 0.5) is 22.0 Å². The van der Waals surface area contributed by atoms with Crippen LogP contribution in [0.2, 0.25) is 0 Å². The molecule has 0 heterocycles. The van der Waals surface area contributed by atoms with Crippen LogP contribution in [0, 0.1) is 36.0 Å². The molecule has 0 saturated heterocycles. The third kappa shape index (κ3) is 4.54. The van der Waals surface area contributed by atoms with Crippen molar-refractivity contribution in [2.75, 3.05) is 0 Å². The fourth-order valence-corrected chi connectivity index (χ4v) is 4.06. The second kappa shape index (κ2) is 9.59. The molecule has 0 bridgehead atoms. The molecule has 0 unspecified atom stereocenters. The van der Waals surface area contributed by atoms with Crippen LogP contribution in [0.3, 0.4) is 0 Å². The zero-order chi connectivity index (χ0) is 27.1. The summed E-state index contributed by atoms with van der Waals surface area (Å²) >= 11 is 0. The summed E-state index contributed by atoms with van der Waals surface area (Å²) in [5.41, 5.74) is -0.0792. The van der Waals surface area contributed by atoms with Crippen molar-refractivity contribution >= 4 is 33.5 Å². The van der Waals surface area contributed by atoms with E-state index in [1.807, 2.05) is 13.0 Å². The van der Waals surface area contributed by atoms with Crippen molar-refractivity contribution in [1.29, 1.82) is 0 Å². The van der Waals surface area contributed by atoms with Gasteiger partial charge in [0.15, 0.2) is 29.1 Å². The van der Waals surface area contributed by atoms with Gasteiger partial charge >= 0.3 is 11.9 Å². The maximum Gasteiger partial charge on any atom is 0.346 e. The Morgan fingerprint density at radius 1 is 0.579 bits per heavy atom. The quantitative estimate of drug-likeness (QED) is 0.0810. The highest BCUT2D eigenvalue weighted by Crippen LogP contribution is 2.34. The topological polar surface area (TPSA) is 52.6 Å². The van der Waals surface area contributed by atoms with Gasteiger partial charge in [-0.15, -0.1) is 0 Å². The lowest BCUT2D eigenvalue weighted by atomic mass is 9.97. The maximum absolute atomic E-state index is 14.0. The number of fused-ring (bicyclic) bond motifs is 3. The lowest BCUT2D eigenvalue weighted by Crippen LogP contribution is -2.12. The van der Waals surface area contributed by atoms with E-state index in [4.69, 9.17) is 9.47 Å². The van der Waals surface area contributed by atoms with Gasteiger partial charge in [-0.1, -0.05) is 18.2 Å². The predicted octanol–water partition coefficient (Wildman–Crippen LogP) is 7.44. The Labute approximate surface area is 211 Å². The van der Waals surface area contributed by atoms with Gasteiger partial charge in [-0.25, -0.2) is 31.5 Å². The normalized spacial score (nSPS) is 11.1. The summed E-state index contributed by atoms with van der Waals surface area (Å²) in [6.07, 6.45) is 0. The standard InChI is InChI=1S/C29H15F5O4/c1-14-10-15-2-4-17(37-28(35)16-3-8-23(30)25(32)11-16)12-21(15)22-13-18(5-6-19(14)22)38-29(36)20-7-9-24(31)27(34)26(20)33/h2-13H,1H3. The first kappa shape index (κ1) is 24.9. The number of ether oxygens (including phenoxy) is 2. The molecule has 0 saturated carbocycles. The summed E-state index contributed by atoms with van der Waals surface area (Å²) in [5.74, 6) is -9.18. The number of hydrogen-bond donors (Lipinski definition) is 0. The summed E-state index contributed by atoms with van der Waals surface area (Å²) in [7, 11) is 0. The highest BCUT2D eigenvalue weighted by Gasteiger charge is 2.21.